The van der Waals surface area contributed by atoms with Gasteiger partial charge in [0.15, 0.2) is 5.75 Å². The van der Waals surface area contributed by atoms with Crippen LogP contribution in [0.4, 0.5) is 5.69 Å². The first kappa shape index (κ1) is 13.4. The third kappa shape index (κ3) is 2.14. The van der Waals surface area contributed by atoms with Crippen molar-refractivity contribution in [2.45, 2.75) is 27.2 Å². The Hall–Kier alpha value is -1.03. The summed E-state index contributed by atoms with van der Waals surface area (Å²) in [5.74, 6) is 0.843. The molecule has 1 aliphatic rings. The van der Waals surface area contributed by atoms with E-state index in [4.69, 9.17) is 4.74 Å². The minimum atomic E-state index is -0.500. The van der Waals surface area contributed by atoms with E-state index in [0.29, 0.717) is 6.61 Å². The van der Waals surface area contributed by atoms with E-state index in [1.165, 1.54) is 5.56 Å². The number of hydrogen-bond acceptors (Lipinski definition) is 2. The molecule has 0 saturated carbocycles. The largest absolute Gasteiger partial charge is 0.489 e. The van der Waals surface area contributed by atoms with E-state index in [1.54, 1.807) is 4.90 Å². The topological polar surface area (TPSA) is 29.5 Å². The standard InChI is InChI=1S/C14H18BrNO2/c1-5-9-6-10(15)12-11(7-9)16(4)13(17)14(2,3)8-18-12/h6-7H,5,8H2,1-4H3. The van der Waals surface area contributed by atoms with E-state index in [-0.39, 0.29) is 5.91 Å². The molecular weight excluding hydrogens is 294 g/mol. The highest BCUT2D eigenvalue weighted by molar-refractivity contribution is 9.10. The maximum Gasteiger partial charge on any atom is 0.235 e. The molecule has 3 nitrogen and oxygen atoms in total. The normalized spacial score (nSPS) is 18.1. The van der Waals surface area contributed by atoms with Crippen molar-refractivity contribution >= 4 is 27.5 Å². The molecule has 4 heteroatoms. The average molecular weight is 312 g/mol. The molecule has 2 rings (SSSR count). The summed E-state index contributed by atoms with van der Waals surface area (Å²) >= 11 is 3.53. The SMILES string of the molecule is CCc1cc(Br)c2c(c1)N(C)C(=O)C(C)(C)CO2. The number of anilines is 1. The fourth-order valence-electron chi connectivity index (χ4n) is 2.11. The van der Waals surface area contributed by atoms with Crippen LogP contribution in [0.15, 0.2) is 16.6 Å². The number of ether oxygens (including phenoxy) is 1. The first-order valence-corrected chi connectivity index (χ1v) is 6.89. The highest BCUT2D eigenvalue weighted by Crippen LogP contribution is 2.41. The maximum atomic E-state index is 12.4. The van der Waals surface area contributed by atoms with Gasteiger partial charge in [-0.2, -0.15) is 0 Å². The Kier molecular flexibility index (Phi) is 3.41. The second-order valence-corrected chi connectivity index (χ2v) is 6.17. The third-order valence-corrected chi connectivity index (χ3v) is 3.90. The van der Waals surface area contributed by atoms with Crippen LogP contribution in [-0.4, -0.2) is 19.6 Å². The number of carbonyl (C=O) groups excluding carboxylic acids is 1. The summed E-state index contributed by atoms with van der Waals surface area (Å²) in [6.45, 7) is 6.31. The van der Waals surface area contributed by atoms with Crippen LogP contribution in [0, 0.1) is 5.41 Å². The first-order valence-electron chi connectivity index (χ1n) is 6.10. The summed E-state index contributed by atoms with van der Waals surface area (Å²) in [5.41, 5.74) is 1.53. The molecule has 98 valence electrons. The lowest BCUT2D eigenvalue weighted by Crippen LogP contribution is -2.39. The maximum absolute atomic E-state index is 12.4. The number of aryl methyl sites for hydroxylation is 1. The zero-order valence-electron chi connectivity index (χ0n) is 11.2. The number of amides is 1. The molecule has 0 radical (unpaired) electrons. The van der Waals surface area contributed by atoms with Crippen LogP contribution in [-0.2, 0) is 11.2 Å². The minimum Gasteiger partial charge on any atom is -0.489 e. The zero-order chi connectivity index (χ0) is 13.5. The third-order valence-electron chi connectivity index (χ3n) is 3.31. The Morgan fingerprint density at radius 1 is 1.44 bits per heavy atom. The molecule has 1 aromatic carbocycles. The molecule has 0 N–H and O–H groups in total. The second-order valence-electron chi connectivity index (χ2n) is 5.32. The van der Waals surface area contributed by atoms with Crippen LogP contribution in [0.1, 0.15) is 26.3 Å². The van der Waals surface area contributed by atoms with Gasteiger partial charge < -0.3 is 9.64 Å². The Morgan fingerprint density at radius 2 is 2.11 bits per heavy atom. The summed E-state index contributed by atoms with van der Waals surface area (Å²) in [7, 11) is 1.81. The first-order chi connectivity index (χ1) is 8.36. The Labute approximate surface area is 116 Å². The van der Waals surface area contributed by atoms with E-state index in [1.807, 2.05) is 27.0 Å². The lowest BCUT2D eigenvalue weighted by molar-refractivity contribution is -0.127. The van der Waals surface area contributed by atoms with Crippen molar-refractivity contribution in [2.24, 2.45) is 5.41 Å². The van der Waals surface area contributed by atoms with Crippen LogP contribution < -0.4 is 9.64 Å². The Balaban J connectivity index is 2.57. The van der Waals surface area contributed by atoms with Crippen LogP contribution in [0.25, 0.3) is 0 Å². The second kappa shape index (κ2) is 4.57. The fourth-order valence-corrected chi connectivity index (χ4v) is 2.72. The lowest BCUT2D eigenvalue weighted by Gasteiger charge is -2.24. The number of halogens is 1. The number of rotatable bonds is 1. The molecule has 18 heavy (non-hydrogen) atoms. The Bertz CT molecular complexity index is 497. The van der Waals surface area contributed by atoms with Gasteiger partial charge in [-0.05, 0) is 53.9 Å². The van der Waals surface area contributed by atoms with Crippen molar-refractivity contribution in [3.05, 3.63) is 22.2 Å². The van der Waals surface area contributed by atoms with Gasteiger partial charge in [0.25, 0.3) is 0 Å². The predicted molar refractivity (Wildman–Crippen MR) is 76.2 cm³/mol. The smallest absolute Gasteiger partial charge is 0.235 e. The molecule has 1 aromatic rings. The van der Waals surface area contributed by atoms with Crippen molar-refractivity contribution in [2.75, 3.05) is 18.6 Å². The highest BCUT2D eigenvalue weighted by Gasteiger charge is 2.36. The van der Waals surface area contributed by atoms with Gasteiger partial charge in [-0.25, -0.2) is 0 Å². The van der Waals surface area contributed by atoms with Crippen molar-refractivity contribution < 1.29 is 9.53 Å². The molecule has 0 saturated heterocycles. The molecule has 0 atom stereocenters. The molecule has 1 heterocycles. The van der Waals surface area contributed by atoms with Gasteiger partial charge in [0.1, 0.15) is 6.61 Å². The number of fused-ring (bicyclic) bond motifs is 1. The zero-order valence-corrected chi connectivity index (χ0v) is 12.8. The molecule has 0 unspecified atom stereocenters. The van der Waals surface area contributed by atoms with E-state index in [9.17, 15) is 4.79 Å². The molecule has 1 aliphatic heterocycles. The van der Waals surface area contributed by atoms with E-state index in [2.05, 4.69) is 28.9 Å². The summed E-state index contributed by atoms with van der Waals surface area (Å²) < 4.78 is 6.74. The van der Waals surface area contributed by atoms with E-state index >= 15 is 0 Å². The lowest BCUT2D eigenvalue weighted by atomic mass is 9.93. The quantitative estimate of drug-likeness (QED) is 0.795. The summed E-state index contributed by atoms with van der Waals surface area (Å²) in [4.78, 5) is 14.1. The van der Waals surface area contributed by atoms with Gasteiger partial charge in [-0.3, -0.25) is 4.79 Å². The number of benzene rings is 1. The molecule has 0 bridgehead atoms. The van der Waals surface area contributed by atoms with Gasteiger partial charge in [0, 0.05) is 7.05 Å². The molecule has 0 aliphatic carbocycles. The van der Waals surface area contributed by atoms with Crippen LogP contribution in [0.5, 0.6) is 5.75 Å². The number of hydrogen-bond donors (Lipinski definition) is 0. The fraction of sp³-hybridized carbons (Fsp3) is 0.500. The van der Waals surface area contributed by atoms with Crippen LogP contribution in [0.2, 0.25) is 0 Å². The minimum absolute atomic E-state index is 0.0846. The van der Waals surface area contributed by atoms with Crippen molar-refractivity contribution in [1.29, 1.82) is 0 Å². The summed E-state index contributed by atoms with van der Waals surface area (Å²) in [6, 6.07) is 4.08. The molecule has 1 amide bonds. The Morgan fingerprint density at radius 3 is 2.72 bits per heavy atom. The van der Waals surface area contributed by atoms with Crippen molar-refractivity contribution in [1.82, 2.24) is 0 Å². The molecule has 0 spiro atoms. The van der Waals surface area contributed by atoms with Gasteiger partial charge >= 0.3 is 0 Å². The molecule has 0 fully saturated rings. The summed E-state index contributed by atoms with van der Waals surface area (Å²) in [6.07, 6.45) is 0.928. The van der Waals surface area contributed by atoms with Gasteiger partial charge in [0.05, 0.1) is 15.6 Å². The average Bonchev–Trinajstić information content (AvgIpc) is 2.41. The summed E-state index contributed by atoms with van der Waals surface area (Å²) in [5, 5.41) is 0. The van der Waals surface area contributed by atoms with Gasteiger partial charge in [0.2, 0.25) is 5.91 Å². The van der Waals surface area contributed by atoms with Crippen LogP contribution in [0.3, 0.4) is 0 Å². The van der Waals surface area contributed by atoms with Gasteiger partial charge in [-0.15, -0.1) is 0 Å². The molecule has 0 aromatic heterocycles. The highest BCUT2D eigenvalue weighted by atomic mass is 79.9. The van der Waals surface area contributed by atoms with E-state index < -0.39 is 5.41 Å². The van der Waals surface area contributed by atoms with Gasteiger partial charge in [-0.1, -0.05) is 6.92 Å². The van der Waals surface area contributed by atoms with Crippen molar-refractivity contribution in [3.8, 4) is 5.75 Å². The number of carbonyl (C=O) groups is 1. The van der Waals surface area contributed by atoms with E-state index in [0.717, 1.165) is 22.3 Å². The predicted octanol–water partition coefficient (Wildman–Crippen LogP) is 3.39. The molecular formula is C14H18BrNO2. The monoisotopic (exact) mass is 311 g/mol. The van der Waals surface area contributed by atoms with Crippen molar-refractivity contribution in [3.63, 3.8) is 0 Å². The van der Waals surface area contributed by atoms with Crippen LogP contribution >= 0.6 is 15.9 Å². The number of nitrogens with zero attached hydrogens (tertiary/aromatic N) is 1.